The summed E-state index contributed by atoms with van der Waals surface area (Å²) in [5, 5.41) is 9.12. The van der Waals surface area contributed by atoms with Gasteiger partial charge in [0.2, 0.25) is 0 Å². The van der Waals surface area contributed by atoms with Crippen molar-refractivity contribution in [2.24, 2.45) is 0 Å². The maximum atomic E-state index is 15.3. The van der Waals surface area contributed by atoms with E-state index in [1.165, 1.54) is 7.11 Å². The zero-order valence-electron chi connectivity index (χ0n) is 22.4. The fourth-order valence-electron chi connectivity index (χ4n) is 4.44. The molecule has 1 saturated carbocycles. The third-order valence-electron chi connectivity index (χ3n) is 6.30. The van der Waals surface area contributed by atoms with Crippen molar-refractivity contribution in [2.45, 2.75) is 70.3 Å². The van der Waals surface area contributed by atoms with Crippen LogP contribution >= 0.6 is 11.6 Å². The highest BCUT2D eigenvalue weighted by Gasteiger charge is 2.34. The first-order valence-electron chi connectivity index (χ1n) is 12.4. The maximum absolute atomic E-state index is 15.3. The predicted molar refractivity (Wildman–Crippen MR) is 141 cm³/mol. The number of benzene rings is 1. The van der Waals surface area contributed by atoms with Crippen molar-refractivity contribution >= 4 is 23.4 Å². The molecule has 0 N–H and O–H groups in total. The molecule has 0 bridgehead atoms. The van der Waals surface area contributed by atoms with Gasteiger partial charge < -0.3 is 19.1 Å². The van der Waals surface area contributed by atoms with Gasteiger partial charge in [0.1, 0.15) is 17.5 Å². The van der Waals surface area contributed by atoms with Gasteiger partial charge in [-0.1, -0.05) is 11.6 Å². The monoisotopic (exact) mass is 537 g/mol. The van der Waals surface area contributed by atoms with Gasteiger partial charge in [0.05, 0.1) is 24.3 Å². The van der Waals surface area contributed by atoms with Crippen molar-refractivity contribution in [1.29, 1.82) is 0 Å². The molecule has 1 fully saturated rings. The van der Waals surface area contributed by atoms with Crippen molar-refractivity contribution in [3.05, 3.63) is 29.4 Å². The van der Waals surface area contributed by atoms with Gasteiger partial charge in [-0.15, -0.1) is 10.2 Å². The van der Waals surface area contributed by atoms with Gasteiger partial charge in [0, 0.05) is 25.2 Å². The van der Waals surface area contributed by atoms with Crippen LogP contribution in [0.25, 0.3) is 11.4 Å². The van der Waals surface area contributed by atoms with E-state index in [0.29, 0.717) is 40.8 Å². The summed E-state index contributed by atoms with van der Waals surface area (Å²) in [4.78, 5) is 20.6. The molecule has 11 heteroatoms. The molecule has 2 unspecified atom stereocenters. The fraction of sp³-hybridized carbons (Fsp3) is 0.615. The van der Waals surface area contributed by atoms with E-state index >= 15 is 4.39 Å². The highest BCUT2D eigenvalue weighted by Crippen LogP contribution is 2.32. The summed E-state index contributed by atoms with van der Waals surface area (Å²) < 4.78 is 31.3. The van der Waals surface area contributed by atoms with E-state index < -0.39 is 17.8 Å². The molecule has 3 atom stereocenters. The first-order valence-corrected chi connectivity index (χ1v) is 12.8. The number of halogens is 2. The van der Waals surface area contributed by atoms with Gasteiger partial charge in [-0.2, -0.15) is 0 Å². The number of hydrogen-bond acceptors (Lipinski definition) is 9. The standard InChI is InChI=1S/C26H37ClFN5O4/c1-26(2,3)37-24(34)15-32(4)18-8-7-9-20(28)21(13-18)33(5)23-14-29-25(31-30-23)19-11-10-17(27)12-22(19)36-16-35-6/h10-12,14,18,20-21H,7-9,13,15-16H2,1-6H3/t18?,20?,21-/m0/s1. The largest absolute Gasteiger partial charge is 0.467 e. The van der Waals surface area contributed by atoms with E-state index in [-0.39, 0.29) is 25.3 Å². The van der Waals surface area contributed by atoms with E-state index in [2.05, 4.69) is 15.2 Å². The molecular weight excluding hydrogens is 501 g/mol. The number of alkyl halides is 1. The summed E-state index contributed by atoms with van der Waals surface area (Å²) in [5.74, 6) is 0.996. The number of hydrogen-bond donors (Lipinski definition) is 0. The van der Waals surface area contributed by atoms with Crippen molar-refractivity contribution in [2.75, 3.05) is 39.4 Å². The second-order valence-electron chi connectivity index (χ2n) is 10.3. The van der Waals surface area contributed by atoms with Crippen LogP contribution in [0, 0.1) is 0 Å². The van der Waals surface area contributed by atoms with Gasteiger partial charge >= 0.3 is 5.97 Å². The average Bonchev–Trinajstić information content (AvgIpc) is 3.03. The smallest absolute Gasteiger partial charge is 0.320 e. The first-order chi connectivity index (χ1) is 17.5. The average molecular weight is 538 g/mol. The van der Waals surface area contributed by atoms with Crippen LogP contribution in [-0.4, -0.2) is 84.4 Å². The number of carbonyl (C=O) groups is 1. The normalized spacial score (nSPS) is 20.4. The van der Waals surface area contributed by atoms with Crippen LogP contribution in [0.4, 0.5) is 10.2 Å². The lowest BCUT2D eigenvalue weighted by Crippen LogP contribution is -2.45. The second kappa shape index (κ2) is 12.8. The summed E-state index contributed by atoms with van der Waals surface area (Å²) in [6, 6.07) is 4.71. The molecule has 9 nitrogen and oxygen atoms in total. The second-order valence-corrected chi connectivity index (χ2v) is 10.8. The topological polar surface area (TPSA) is 89.9 Å². The molecule has 1 aliphatic carbocycles. The van der Waals surface area contributed by atoms with Crippen molar-refractivity contribution < 1.29 is 23.4 Å². The molecule has 0 spiro atoms. The third kappa shape index (κ3) is 8.21. The minimum atomic E-state index is -1.04. The molecule has 1 heterocycles. The summed E-state index contributed by atoms with van der Waals surface area (Å²) in [6.45, 7) is 5.73. The number of carbonyl (C=O) groups excluding carboxylic acids is 1. The molecule has 0 saturated heterocycles. The molecule has 0 aliphatic heterocycles. The molecule has 3 rings (SSSR count). The van der Waals surface area contributed by atoms with Crippen molar-refractivity contribution in [3.63, 3.8) is 0 Å². The van der Waals surface area contributed by atoms with E-state index in [4.69, 9.17) is 25.8 Å². The van der Waals surface area contributed by atoms with Gasteiger partial charge in [0.15, 0.2) is 18.4 Å². The summed E-state index contributed by atoms with van der Waals surface area (Å²) in [7, 11) is 5.21. The van der Waals surface area contributed by atoms with Gasteiger partial charge in [-0.25, -0.2) is 9.37 Å². The third-order valence-corrected chi connectivity index (χ3v) is 6.53. The van der Waals surface area contributed by atoms with E-state index in [1.807, 2.05) is 32.7 Å². The molecule has 204 valence electrons. The number of nitrogens with zero attached hydrogens (tertiary/aromatic N) is 5. The Bertz CT molecular complexity index is 1040. The number of rotatable bonds is 9. The minimum Gasteiger partial charge on any atom is -0.467 e. The summed E-state index contributed by atoms with van der Waals surface area (Å²) in [5.41, 5.74) is 0.0686. The number of ether oxygens (including phenoxy) is 3. The van der Waals surface area contributed by atoms with E-state index in [1.54, 1.807) is 36.3 Å². The Balaban J connectivity index is 1.74. The van der Waals surface area contributed by atoms with Crippen LogP contribution in [-0.2, 0) is 14.3 Å². The van der Waals surface area contributed by atoms with Crippen molar-refractivity contribution in [1.82, 2.24) is 20.1 Å². The molecule has 0 radical (unpaired) electrons. The fourth-order valence-corrected chi connectivity index (χ4v) is 4.60. The lowest BCUT2D eigenvalue weighted by Gasteiger charge is -2.34. The number of anilines is 1. The molecule has 37 heavy (non-hydrogen) atoms. The molecule has 1 aromatic carbocycles. The quantitative estimate of drug-likeness (QED) is 0.260. The van der Waals surface area contributed by atoms with Gasteiger partial charge in [0.25, 0.3) is 0 Å². The summed E-state index contributed by atoms with van der Waals surface area (Å²) >= 11 is 6.10. The Morgan fingerprint density at radius 1 is 1.22 bits per heavy atom. The SMILES string of the molecule is COCOc1cc(Cl)ccc1-c1ncc(N(C)[C@H]2CC(N(C)CC(=O)OC(C)(C)C)CCCC2F)nn1. The minimum absolute atomic E-state index is 0.0236. The molecule has 1 aromatic heterocycles. The Hall–Kier alpha value is -2.56. The molecule has 0 amide bonds. The van der Waals surface area contributed by atoms with Crippen LogP contribution in [0.3, 0.4) is 0 Å². The van der Waals surface area contributed by atoms with Crippen LogP contribution in [0.15, 0.2) is 24.4 Å². The summed E-state index contributed by atoms with van der Waals surface area (Å²) in [6.07, 6.45) is 3.04. The predicted octanol–water partition coefficient (Wildman–Crippen LogP) is 4.53. The number of methoxy groups -OCH3 is 1. The Morgan fingerprint density at radius 2 is 1.97 bits per heavy atom. The Kier molecular flexibility index (Phi) is 10.0. The van der Waals surface area contributed by atoms with Gasteiger partial charge in [-0.3, -0.25) is 9.69 Å². The number of esters is 1. The lowest BCUT2D eigenvalue weighted by molar-refractivity contribution is -0.156. The molecular formula is C26H37ClFN5O4. The van der Waals surface area contributed by atoms with Crippen LogP contribution in [0.2, 0.25) is 5.02 Å². The zero-order valence-corrected chi connectivity index (χ0v) is 23.2. The highest BCUT2D eigenvalue weighted by atomic mass is 35.5. The van der Waals surface area contributed by atoms with Gasteiger partial charge in [-0.05, 0) is 71.7 Å². The Labute approximate surface area is 223 Å². The molecule has 2 aromatic rings. The van der Waals surface area contributed by atoms with Crippen LogP contribution < -0.4 is 9.64 Å². The van der Waals surface area contributed by atoms with E-state index in [0.717, 1.165) is 12.8 Å². The maximum Gasteiger partial charge on any atom is 0.320 e. The highest BCUT2D eigenvalue weighted by molar-refractivity contribution is 6.30. The van der Waals surface area contributed by atoms with E-state index in [9.17, 15) is 4.79 Å². The number of aromatic nitrogens is 3. The number of likely N-dealkylation sites (N-methyl/N-ethyl adjacent to an activating group) is 1. The van der Waals surface area contributed by atoms with Crippen LogP contribution in [0.1, 0.15) is 46.5 Å². The van der Waals surface area contributed by atoms with Crippen LogP contribution in [0.5, 0.6) is 5.75 Å². The Morgan fingerprint density at radius 3 is 2.62 bits per heavy atom. The lowest BCUT2D eigenvalue weighted by atomic mass is 10.0. The molecule has 1 aliphatic rings. The van der Waals surface area contributed by atoms with Crippen molar-refractivity contribution in [3.8, 4) is 17.1 Å². The zero-order chi connectivity index (χ0) is 27.2. The first kappa shape index (κ1) is 29.0.